The number of hydrogen-bond acceptors (Lipinski definition) is 4. The Labute approximate surface area is 186 Å². The summed E-state index contributed by atoms with van der Waals surface area (Å²) in [5.41, 5.74) is 3.23. The number of benzene rings is 1. The normalized spacial score (nSPS) is 19.7. The number of hydrogen-bond donors (Lipinski definition) is 0. The third kappa shape index (κ3) is 2.96. The summed E-state index contributed by atoms with van der Waals surface area (Å²) in [6.45, 7) is 0. The van der Waals surface area contributed by atoms with Gasteiger partial charge in [0.05, 0.1) is 17.4 Å². The lowest BCUT2D eigenvalue weighted by Gasteiger charge is -2.45. The van der Waals surface area contributed by atoms with Gasteiger partial charge in [0.25, 0.3) is 5.91 Å². The van der Waals surface area contributed by atoms with E-state index >= 15 is 0 Å². The fourth-order valence-electron chi connectivity index (χ4n) is 5.27. The van der Waals surface area contributed by atoms with Crippen LogP contribution < -0.4 is 0 Å². The summed E-state index contributed by atoms with van der Waals surface area (Å²) in [6.07, 6.45) is 6.34. The molecule has 2 atom stereocenters. The molecule has 0 saturated carbocycles. The van der Waals surface area contributed by atoms with Gasteiger partial charge in [-0.2, -0.15) is 10.2 Å². The molecular weight excluding hydrogens is 433 g/mol. The number of aromatic nitrogens is 5. The summed E-state index contributed by atoms with van der Waals surface area (Å²) in [6, 6.07) is 5.03. The number of piperidine rings is 1. The molecule has 168 valence electrons. The van der Waals surface area contributed by atoms with Crippen LogP contribution in [0.3, 0.4) is 0 Å². The van der Waals surface area contributed by atoms with Crippen LogP contribution in [0.15, 0.2) is 36.7 Å². The second kappa shape index (κ2) is 7.16. The first-order valence-corrected chi connectivity index (χ1v) is 10.8. The van der Waals surface area contributed by atoms with Gasteiger partial charge >= 0.3 is 0 Å². The van der Waals surface area contributed by atoms with Crippen LogP contribution in [0.1, 0.15) is 47.1 Å². The molecule has 6 rings (SSSR count). The van der Waals surface area contributed by atoms with E-state index in [9.17, 15) is 18.0 Å². The van der Waals surface area contributed by atoms with Crippen LogP contribution in [0, 0.1) is 17.5 Å². The Hall–Kier alpha value is -3.69. The van der Waals surface area contributed by atoms with Crippen molar-refractivity contribution in [2.24, 2.45) is 7.05 Å². The lowest BCUT2D eigenvalue weighted by atomic mass is 9.81. The van der Waals surface area contributed by atoms with Crippen molar-refractivity contribution in [2.75, 3.05) is 0 Å². The lowest BCUT2D eigenvalue weighted by molar-refractivity contribution is 0.0385. The smallest absolute Gasteiger partial charge is 0.275 e. The number of carbonyl (C=O) groups is 1. The minimum Gasteiger partial charge on any atom is -0.325 e. The Morgan fingerprint density at radius 1 is 1.09 bits per heavy atom. The second-order valence-electron chi connectivity index (χ2n) is 8.56. The molecule has 2 aliphatic rings. The fourth-order valence-corrected chi connectivity index (χ4v) is 5.27. The van der Waals surface area contributed by atoms with E-state index in [0.29, 0.717) is 29.1 Å². The van der Waals surface area contributed by atoms with Crippen molar-refractivity contribution in [2.45, 2.75) is 37.8 Å². The molecule has 2 aliphatic heterocycles. The average Bonchev–Trinajstić information content (AvgIpc) is 3.37. The minimum absolute atomic E-state index is 0.0976. The quantitative estimate of drug-likeness (QED) is 0.434. The summed E-state index contributed by atoms with van der Waals surface area (Å²) >= 11 is 0. The molecule has 2 bridgehead atoms. The number of rotatable bonds is 2. The Morgan fingerprint density at radius 2 is 1.88 bits per heavy atom. The first-order chi connectivity index (χ1) is 15.9. The van der Waals surface area contributed by atoms with E-state index in [2.05, 4.69) is 15.2 Å². The predicted octanol–water partition coefficient (Wildman–Crippen LogP) is 3.84. The SMILES string of the molecule is Cn1nc2c(c1-c1cc(F)c(F)c(F)c1)C[C@H]1CCC[C@@H]2N1C(=O)c1cc2ncccn2n1. The summed E-state index contributed by atoms with van der Waals surface area (Å²) in [4.78, 5) is 19.6. The highest BCUT2D eigenvalue weighted by Gasteiger charge is 2.44. The van der Waals surface area contributed by atoms with Crippen molar-refractivity contribution in [3.63, 3.8) is 0 Å². The van der Waals surface area contributed by atoms with Crippen LogP contribution in [0.4, 0.5) is 13.2 Å². The molecule has 1 aromatic carbocycles. The number of nitrogens with zero attached hydrogens (tertiary/aromatic N) is 6. The number of halogens is 3. The van der Waals surface area contributed by atoms with Crippen molar-refractivity contribution in [3.05, 3.63) is 71.1 Å². The van der Waals surface area contributed by atoms with Crippen molar-refractivity contribution in [3.8, 4) is 11.3 Å². The van der Waals surface area contributed by atoms with Gasteiger partial charge in [0.1, 0.15) is 0 Å². The zero-order valence-electron chi connectivity index (χ0n) is 17.7. The van der Waals surface area contributed by atoms with Gasteiger partial charge in [-0.15, -0.1) is 0 Å². The van der Waals surface area contributed by atoms with Crippen LogP contribution in [0.25, 0.3) is 16.9 Å². The molecule has 0 spiro atoms. The molecule has 0 N–H and O–H groups in total. The maximum absolute atomic E-state index is 14.0. The molecule has 10 heteroatoms. The third-order valence-corrected chi connectivity index (χ3v) is 6.62. The van der Waals surface area contributed by atoms with Crippen molar-refractivity contribution in [1.29, 1.82) is 0 Å². The topological polar surface area (TPSA) is 68.3 Å². The third-order valence-electron chi connectivity index (χ3n) is 6.62. The van der Waals surface area contributed by atoms with Gasteiger partial charge in [0.2, 0.25) is 0 Å². The molecule has 33 heavy (non-hydrogen) atoms. The van der Waals surface area contributed by atoms with Crippen LogP contribution >= 0.6 is 0 Å². The van der Waals surface area contributed by atoms with Crippen LogP contribution in [0.2, 0.25) is 0 Å². The molecular formula is C23H19F3N6O. The molecule has 1 fully saturated rings. The second-order valence-corrected chi connectivity index (χ2v) is 8.56. The Kier molecular flexibility index (Phi) is 4.33. The van der Waals surface area contributed by atoms with Gasteiger partial charge < -0.3 is 4.90 Å². The molecule has 0 radical (unpaired) electrons. The van der Waals surface area contributed by atoms with Crippen molar-refractivity contribution >= 4 is 11.6 Å². The molecule has 0 unspecified atom stereocenters. The molecule has 3 aromatic heterocycles. The van der Waals surface area contributed by atoms with Gasteiger partial charge in [-0.05, 0) is 43.9 Å². The highest BCUT2D eigenvalue weighted by atomic mass is 19.2. The van der Waals surface area contributed by atoms with Gasteiger partial charge in [-0.1, -0.05) is 0 Å². The average molecular weight is 452 g/mol. The maximum atomic E-state index is 14.0. The first kappa shape index (κ1) is 20.0. The number of aryl methyl sites for hydroxylation is 1. The van der Waals surface area contributed by atoms with Crippen LogP contribution in [0.5, 0.6) is 0 Å². The highest BCUT2D eigenvalue weighted by Crippen LogP contribution is 2.45. The number of amides is 1. The lowest BCUT2D eigenvalue weighted by Crippen LogP contribution is -2.50. The predicted molar refractivity (Wildman–Crippen MR) is 112 cm³/mol. The Balaban J connectivity index is 1.43. The molecule has 1 amide bonds. The monoisotopic (exact) mass is 452 g/mol. The summed E-state index contributed by atoms with van der Waals surface area (Å²) in [7, 11) is 1.69. The Morgan fingerprint density at radius 3 is 2.64 bits per heavy atom. The number of fused-ring (bicyclic) bond motifs is 5. The molecule has 1 saturated heterocycles. The molecule has 5 heterocycles. The van der Waals surface area contributed by atoms with E-state index in [-0.39, 0.29) is 23.6 Å². The van der Waals surface area contributed by atoms with E-state index < -0.39 is 17.5 Å². The zero-order chi connectivity index (χ0) is 22.9. The van der Waals surface area contributed by atoms with E-state index in [1.807, 2.05) is 4.90 Å². The van der Waals surface area contributed by atoms with Crippen LogP contribution in [-0.4, -0.2) is 41.2 Å². The van der Waals surface area contributed by atoms with Crippen LogP contribution in [-0.2, 0) is 13.5 Å². The standard InChI is InChI=1S/C23H19F3N6O/c1-30-22(12-8-15(24)20(26)16(25)9-12)14-10-13-4-2-5-18(21(14)29-30)32(13)23(33)17-11-19-27-6-3-7-31(19)28-17/h3,6-9,11,13,18H,2,4-5,10H2,1H3/t13-,18+/m1/s1. The minimum atomic E-state index is -1.50. The summed E-state index contributed by atoms with van der Waals surface area (Å²) in [5, 5.41) is 9.03. The van der Waals surface area contributed by atoms with E-state index in [1.54, 1.807) is 40.8 Å². The van der Waals surface area contributed by atoms with Gasteiger partial charge in [-0.3, -0.25) is 9.48 Å². The highest BCUT2D eigenvalue weighted by molar-refractivity contribution is 5.94. The molecule has 7 nitrogen and oxygen atoms in total. The Bertz CT molecular complexity index is 1370. The maximum Gasteiger partial charge on any atom is 0.275 e. The van der Waals surface area contributed by atoms with E-state index in [1.165, 1.54) is 0 Å². The zero-order valence-corrected chi connectivity index (χ0v) is 17.7. The van der Waals surface area contributed by atoms with E-state index in [4.69, 9.17) is 0 Å². The van der Waals surface area contributed by atoms with E-state index in [0.717, 1.165) is 37.0 Å². The van der Waals surface area contributed by atoms with Gasteiger partial charge in [0.15, 0.2) is 28.8 Å². The fraction of sp³-hybridized carbons (Fsp3) is 0.304. The summed E-state index contributed by atoms with van der Waals surface area (Å²) < 4.78 is 44.6. The largest absolute Gasteiger partial charge is 0.325 e. The first-order valence-electron chi connectivity index (χ1n) is 10.8. The molecule has 0 aliphatic carbocycles. The van der Waals surface area contributed by atoms with Crippen molar-refractivity contribution < 1.29 is 18.0 Å². The van der Waals surface area contributed by atoms with Gasteiger partial charge in [-0.25, -0.2) is 22.7 Å². The van der Waals surface area contributed by atoms with Gasteiger partial charge in [0, 0.05) is 42.7 Å². The molecule has 4 aromatic rings. The van der Waals surface area contributed by atoms with Crippen molar-refractivity contribution in [1.82, 2.24) is 29.3 Å². The number of carbonyl (C=O) groups excluding carboxylic acids is 1. The summed E-state index contributed by atoms with van der Waals surface area (Å²) in [5.74, 6) is -4.17.